The number of carbonyl (C=O) groups is 2. The van der Waals surface area contributed by atoms with Crippen molar-refractivity contribution < 1.29 is 22.7 Å². The molecule has 0 saturated carbocycles. The lowest BCUT2D eigenvalue weighted by atomic mass is 10.1. The largest absolute Gasteiger partial charge is 0.496 e. The van der Waals surface area contributed by atoms with E-state index < -0.39 is 28.5 Å². The Bertz CT molecular complexity index is 1440. The summed E-state index contributed by atoms with van der Waals surface area (Å²) in [6, 6.07) is 18.1. The van der Waals surface area contributed by atoms with Gasteiger partial charge < -0.3 is 15.0 Å². The minimum Gasteiger partial charge on any atom is -0.496 e. The lowest BCUT2D eigenvalue weighted by Crippen LogP contribution is -2.51. The van der Waals surface area contributed by atoms with Crippen molar-refractivity contribution in [2.24, 2.45) is 0 Å². The van der Waals surface area contributed by atoms with Gasteiger partial charge in [0, 0.05) is 13.1 Å². The highest BCUT2D eigenvalue weighted by Gasteiger charge is 2.33. The predicted octanol–water partition coefficient (Wildman–Crippen LogP) is 5.21. The van der Waals surface area contributed by atoms with Crippen LogP contribution in [0.2, 0.25) is 0 Å². The molecule has 0 fully saturated rings. The van der Waals surface area contributed by atoms with Gasteiger partial charge in [0.2, 0.25) is 11.8 Å². The molecule has 1 N–H and O–H groups in total. The molecule has 0 aliphatic rings. The summed E-state index contributed by atoms with van der Waals surface area (Å²) in [5, 5.41) is 2.85. The summed E-state index contributed by atoms with van der Waals surface area (Å²) in [6.45, 7) is 7.58. The summed E-state index contributed by atoms with van der Waals surface area (Å²) in [4.78, 5) is 28.4. The van der Waals surface area contributed by atoms with Crippen LogP contribution in [0.1, 0.15) is 37.0 Å². The van der Waals surface area contributed by atoms with Crippen LogP contribution >= 0.6 is 15.9 Å². The van der Waals surface area contributed by atoms with Gasteiger partial charge >= 0.3 is 0 Å². The zero-order chi connectivity index (χ0) is 29.4. The zero-order valence-corrected chi connectivity index (χ0v) is 25.9. The third-order valence-electron chi connectivity index (χ3n) is 6.63. The van der Waals surface area contributed by atoms with Crippen LogP contribution in [0, 0.1) is 13.8 Å². The van der Waals surface area contributed by atoms with Crippen molar-refractivity contribution >= 4 is 43.5 Å². The van der Waals surface area contributed by atoms with Crippen LogP contribution in [0.25, 0.3) is 0 Å². The van der Waals surface area contributed by atoms with Crippen molar-refractivity contribution in [3.63, 3.8) is 0 Å². The van der Waals surface area contributed by atoms with Gasteiger partial charge in [0.15, 0.2) is 0 Å². The number of aryl methyl sites for hydroxylation is 2. The van der Waals surface area contributed by atoms with Gasteiger partial charge in [-0.25, -0.2) is 8.42 Å². The third kappa shape index (κ3) is 7.42. The van der Waals surface area contributed by atoms with Crippen LogP contribution in [0.15, 0.2) is 76.1 Å². The van der Waals surface area contributed by atoms with E-state index in [2.05, 4.69) is 21.2 Å². The highest BCUT2D eigenvalue weighted by molar-refractivity contribution is 9.10. The van der Waals surface area contributed by atoms with Crippen molar-refractivity contribution in [3.05, 3.63) is 87.9 Å². The predicted molar refractivity (Wildman–Crippen MR) is 161 cm³/mol. The highest BCUT2D eigenvalue weighted by atomic mass is 79.9. The fourth-order valence-electron chi connectivity index (χ4n) is 4.12. The number of amides is 2. The molecule has 3 aromatic carbocycles. The Kier molecular flexibility index (Phi) is 10.8. The van der Waals surface area contributed by atoms with Gasteiger partial charge in [-0.05, 0) is 84.6 Å². The molecular weight excluding hydrogens is 594 g/mol. The Hall–Kier alpha value is -3.37. The number of hydrogen-bond donors (Lipinski definition) is 1. The number of carbonyl (C=O) groups excluding carboxylic acids is 2. The first kappa shape index (κ1) is 31.2. The minimum atomic E-state index is -4.18. The van der Waals surface area contributed by atoms with Gasteiger partial charge in [-0.1, -0.05) is 48.9 Å². The molecule has 3 rings (SSSR count). The third-order valence-corrected chi connectivity index (χ3v) is 9.02. The van der Waals surface area contributed by atoms with E-state index in [0.29, 0.717) is 22.5 Å². The van der Waals surface area contributed by atoms with Gasteiger partial charge in [0.05, 0.1) is 22.2 Å². The molecule has 10 heteroatoms. The second-order valence-electron chi connectivity index (χ2n) is 9.56. The molecule has 214 valence electrons. The number of benzene rings is 3. The van der Waals surface area contributed by atoms with Crippen molar-refractivity contribution in [3.8, 4) is 5.75 Å². The molecule has 0 aliphatic carbocycles. The van der Waals surface area contributed by atoms with E-state index in [1.165, 1.54) is 24.1 Å². The average molecular weight is 631 g/mol. The summed E-state index contributed by atoms with van der Waals surface area (Å²) in [5.74, 6) is -0.319. The van der Waals surface area contributed by atoms with Crippen molar-refractivity contribution in [1.29, 1.82) is 0 Å². The molecule has 1 atom stereocenters. The van der Waals surface area contributed by atoms with Crippen LogP contribution in [-0.2, 0) is 26.2 Å². The maximum absolute atomic E-state index is 14.0. The molecule has 0 radical (unpaired) electrons. The molecule has 2 amide bonds. The summed E-state index contributed by atoms with van der Waals surface area (Å²) in [7, 11) is -2.69. The van der Waals surface area contributed by atoms with E-state index in [0.717, 1.165) is 27.4 Å². The molecule has 0 aliphatic heterocycles. The number of halogens is 1. The number of sulfonamides is 1. The normalized spacial score (nSPS) is 11.9. The average Bonchev–Trinajstić information content (AvgIpc) is 2.94. The second-order valence-corrected chi connectivity index (χ2v) is 12.3. The number of ether oxygens (including phenoxy) is 1. The zero-order valence-electron chi connectivity index (χ0n) is 23.5. The fourth-order valence-corrected chi connectivity index (χ4v) is 6.26. The minimum absolute atomic E-state index is 0.00672. The number of methoxy groups -OCH3 is 1. The summed E-state index contributed by atoms with van der Waals surface area (Å²) in [5.41, 5.74) is 3.12. The quantitative estimate of drug-likeness (QED) is 0.297. The smallest absolute Gasteiger partial charge is 0.264 e. The Morgan fingerprint density at radius 2 is 1.70 bits per heavy atom. The fraction of sp³-hybridized carbons (Fsp3) is 0.333. The Balaban J connectivity index is 2.05. The van der Waals surface area contributed by atoms with Gasteiger partial charge in [-0.2, -0.15) is 0 Å². The number of nitrogens with one attached hydrogen (secondary N) is 1. The summed E-state index contributed by atoms with van der Waals surface area (Å²) in [6.07, 6.45) is 0.751. The Morgan fingerprint density at radius 1 is 1.02 bits per heavy atom. The second kappa shape index (κ2) is 13.8. The molecule has 8 nitrogen and oxygen atoms in total. The maximum Gasteiger partial charge on any atom is 0.264 e. The summed E-state index contributed by atoms with van der Waals surface area (Å²) >= 11 is 3.36. The van der Waals surface area contributed by atoms with Crippen molar-refractivity contribution in [2.75, 3.05) is 24.5 Å². The lowest BCUT2D eigenvalue weighted by Gasteiger charge is -2.32. The molecule has 40 heavy (non-hydrogen) atoms. The van der Waals surface area contributed by atoms with Crippen LogP contribution in [0.3, 0.4) is 0 Å². The number of hydrogen-bond acceptors (Lipinski definition) is 5. The SMILES string of the molecule is CCCNC(=O)[C@@H](C)N(Cc1ccccc1C)C(=O)CN(c1ccc(C)cc1)S(=O)(=O)c1ccc(OC)c(Br)c1. The molecule has 0 aromatic heterocycles. The van der Waals surface area contributed by atoms with Crippen molar-refractivity contribution in [2.45, 2.75) is 51.6 Å². The van der Waals surface area contributed by atoms with Crippen molar-refractivity contribution in [1.82, 2.24) is 10.2 Å². The van der Waals surface area contributed by atoms with Gasteiger partial charge in [0.1, 0.15) is 18.3 Å². The van der Waals surface area contributed by atoms with E-state index in [9.17, 15) is 18.0 Å². The number of rotatable bonds is 12. The molecule has 0 spiro atoms. The first-order valence-electron chi connectivity index (χ1n) is 13.0. The van der Waals surface area contributed by atoms with Crippen LogP contribution < -0.4 is 14.4 Å². The van der Waals surface area contributed by atoms with Gasteiger partial charge in [-0.3, -0.25) is 13.9 Å². The highest BCUT2D eigenvalue weighted by Crippen LogP contribution is 2.31. The number of nitrogens with zero attached hydrogens (tertiary/aromatic N) is 2. The molecule has 0 bridgehead atoms. The van der Waals surface area contributed by atoms with Gasteiger partial charge in [-0.15, -0.1) is 0 Å². The first-order valence-corrected chi connectivity index (χ1v) is 15.3. The van der Waals surface area contributed by atoms with E-state index in [4.69, 9.17) is 4.74 Å². The molecule has 0 saturated heterocycles. The Labute approximate surface area is 245 Å². The van der Waals surface area contributed by atoms with Crippen LogP contribution in [0.4, 0.5) is 5.69 Å². The topological polar surface area (TPSA) is 96.0 Å². The molecule has 3 aromatic rings. The molecule has 0 unspecified atom stereocenters. The van der Waals surface area contributed by atoms with E-state index >= 15 is 0 Å². The van der Waals surface area contributed by atoms with E-state index in [-0.39, 0.29) is 17.3 Å². The number of anilines is 1. The van der Waals surface area contributed by atoms with Gasteiger partial charge in [0.25, 0.3) is 10.0 Å². The lowest BCUT2D eigenvalue weighted by molar-refractivity contribution is -0.139. The monoisotopic (exact) mass is 629 g/mol. The molecule has 0 heterocycles. The standard InChI is InChI=1S/C30H36BrN3O5S/c1-6-17-32-30(36)23(4)33(19-24-10-8-7-9-22(24)3)29(35)20-34(25-13-11-21(2)12-14-25)40(37,38)26-15-16-28(39-5)27(31)18-26/h7-16,18,23H,6,17,19-20H2,1-5H3,(H,32,36)/t23-/m1/s1. The van der Waals surface area contributed by atoms with Crippen LogP contribution in [-0.4, -0.2) is 51.4 Å². The first-order chi connectivity index (χ1) is 19.0. The van der Waals surface area contributed by atoms with E-state index in [1.54, 1.807) is 37.3 Å². The van der Waals surface area contributed by atoms with Crippen LogP contribution in [0.5, 0.6) is 5.75 Å². The molecular formula is C30H36BrN3O5S. The summed E-state index contributed by atoms with van der Waals surface area (Å²) < 4.78 is 34.8. The Morgan fingerprint density at radius 3 is 2.30 bits per heavy atom. The van der Waals surface area contributed by atoms with E-state index in [1.807, 2.05) is 45.0 Å². The maximum atomic E-state index is 14.0.